The van der Waals surface area contributed by atoms with Crippen LogP contribution in [-0.2, 0) is 11.3 Å². The number of carbonyl (C=O) groups is 1. The van der Waals surface area contributed by atoms with Crippen molar-refractivity contribution in [1.82, 2.24) is 19.8 Å². The first-order valence-electron chi connectivity index (χ1n) is 6.59. The molecule has 1 aliphatic rings. The number of carbonyl (C=O) groups excluding carboxylic acids is 1. The van der Waals surface area contributed by atoms with Crippen LogP contribution in [0.4, 0.5) is 0 Å². The van der Waals surface area contributed by atoms with Gasteiger partial charge < -0.3 is 14.8 Å². The lowest BCUT2D eigenvalue weighted by molar-refractivity contribution is -0.131. The molecule has 2 atom stereocenters. The van der Waals surface area contributed by atoms with Gasteiger partial charge in [-0.1, -0.05) is 0 Å². The number of rotatable bonds is 3. The number of aryl methyl sites for hydroxylation is 1. The van der Waals surface area contributed by atoms with Gasteiger partial charge >= 0.3 is 0 Å². The number of likely N-dealkylation sites (N-methyl/N-ethyl adjacent to an activating group) is 1. The molecule has 0 radical (unpaired) electrons. The third kappa shape index (κ3) is 2.56. The van der Waals surface area contributed by atoms with Gasteiger partial charge in [-0.3, -0.25) is 4.79 Å². The fourth-order valence-corrected chi connectivity index (χ4v) is 2.60. The number of nitrogens with one attached hydrogen (secondary N) is 1. The standard InChI is InChI=1S/C13H22N4O/c1-4-17-8-7-15-12(17)10-5-6-14-11(9-10)13(18)16(2)3/h7-8,10-11,14H,4-6,9H2,1-3H3. The molecule has 1 amide bonds. The predicted molar refractivity (Wildman–Crippen MR) is 70.4 cm³/mol. The molecule has 5 heteroatoms. The van der Waals surface area contributed by atoms with E-state index >= 15 is 0 Å². The molecule has 1 N–H and O–H groups in total. The molecule has 1 aromatic rings. The summed E-state index contributed by atoms with van der Waals surface area (Å²) in [7, 11) is 3.61. The van der Waals surface area contributed by atoms with Crippen LogP contribution in [0.15, 0.2) is 12.4 Å². The van der Waals surface area contributed by atoms with E-state index in [1.165, 1.54) is 0 Å². The van der Waals surface area contributed by atoms with E-state index in [9.17, 15) is 4.79 Å². The van der Waals surface area contributed by atoms with Crippen LogP contribution in [0, 0.1) is 0 Å². The maximum absolute atomic E-state index is 12.0. The molecule has 0 saturated carbocycles. The first-order valence-corrected chi connectivity index (χ1v) is 6.59. The number of amides is 1. The number of hydrogen-bond acceptors (Lipinski definition) is 3. The summed E-state index contributed by atoms with van der Waals surface area (Å²) < 4.78 is 2.17. The Bertz CT molecular complexity index is 413. The third-order valence-corrected chi connectivity index (χ3v) is 3.60. The molecule has 18 heavy (non-hydrogen) atoms. The second-order valence-electron chi connectivity index (χ2n) is 5.03. The molecular weight excluding hydrogens is 228 g/mol. The van der Waals surface area contributed by atoms with E-state index in [1.807, 2.05) is 12.4 Å². The zero-order chi connectivity index (χ0) is 13.1. The van der Waals surface area contributed by atoms with Crippen molar-refractivity contribution in [3.8, 4) is 0 Å². The lowest BCUT2D eigenvalue weighted by Gasteiger charge is -2.31. The number of piperidine rings is 1. The quantitative estimate of drug-likeness (QED) is 0.864. The molecule has 1 aromatic heterocycles. The summed E-state index contributed by atoms with van der Waals surface area (Å²) in [6.07, 6.45) is 5.76. The molecule has 1 saturated heterocycles. The molecule has 5 nitrogen and oxygen atoms in total. The Hall–Kier alpha value is -1.36. The van der Waals surface area contributed by atoms with Gasteiger partial charge in [0.2, 0.25) is 5.91 Å². The Morgan fingerprint density at radius 3 is 3.06 bits per heavy atom. The Balaban J connectivity index is 2.09. The molecule has 0 aromatic carbocycles. The van der Waals surface area contributed by atoms with Crippen molar-refractivity contribution >= 4 is 5.91 Å². The fraction of sp³-hybridized carbons (Fsp3) is 0.692. The molecule has 0 spiro atoms. The van der Waals surface area contributed by atoms with Gasteiger partial charge in [0.1, 0.15) is 5.82 Å². The Morgan fingerprint density at radius 1 is 1.61 bits per heavy atom. The summed E-state index contributed by atoms with van der Waals surface area (Å²) in [6.45, 7) is 3.94. The average molecular weight is 250 g/mol. The second kappa shape index (κ2) is 5.52. The lowest BCUT2D eigenvalue weighted by atomic mass is 9.91. The highest BCUT2D eigenvalue weighted by molar-refractivity contribution is 5.81. The zero-order valence-corrected chi connectivity index (χ0v) is 11.4. The summed E-state index contributed by atoms with van der Waals surface area (Å²) in [5.74, 6) is 1.67. The minimum Gasteiger partial charge on any atom is -0.347 e. The summed E-state index contributed by atoms with van der Waals surface area (Å²) in [6, 6.07) is -0.0687. The second-order valence-corrected chi connectivity index (χ2v) is 5.03. The SMILES string of the molecule is CCn1ccnc1C1CCNC(C(=O)N(C)C)C1. The molecule has 2 heterocycles. The molecule has 1 aliphatic heterocycles. The normalized spacial score (nSPS) is 23.9. The van der Waals surface area contributed by atoms with Crippen LogP contribution in [-0.4, -0.2) is 47.0 Å². The predicted octanol–water partition coefficient (Wildman–Crippen LogP) is 0.827. The largest absolute Gasteiger partial charge is 0.347 e. The minimum atomic E-state index is -0.0687. The smallest absolute Gasteiger partial charge is 0.239 e. The van der Waals surface area contributed by atoms with Gasteiger partial charge in [-0.15, -0.1) is 0 Å². The number of hydrogen-bond donors (Lipinski definition) is 1. The van der Waals surface area contributed by atoms with Gasteiger partial charge in [0, 0.05) is 39.0 Å². The highest BCUT2D eigenvalue weighted by atomic mass is 16.2. The molecular formula is C13H22N4O. The first-order chi connectivity index (χ1) is 8.63. The van der Waals surface area contributed by atoms with Crippen LogP contribution in [0.1, 0.15) is 31.5 Å². The van der Waals surface area contributed by atoms with Crippen molar-refractivity contribution < 1.29 is 4.79 Å². The van der Waals surface area contributed by atoms with Gasteiger partial charge in [0.15, 0.2) is 0 Å². The molecule has 100 valence electrons. The van der Waals surface area contributed by atoms with Crippen molar-refractivity contribution in [3.63, 3.8) is 0 Å². The van der Waals surface area contributed by atoms with Crippen LogP contribution < -0.4 is 5.32 Å². The van der Waals surface area contributed by atoms with Crippen LogP contribution in [0.3, 0.4) is 0 Å². The highest BCUT2D eigenvalue weighted by Gasteiger charge is 2.30. The van der Waals surface area contributed by atoms with Crippen LogP contribution >= 0.6 is 0 Å². The Morgan fingerprint density at radius 2 is 2.39 bits per heavy atom. The summed E-state index contributed by atoms with van der Waals surface area (Å²) in [5.41, 5.74) is 0. The monoisotopic (exact) mass is 250 g/mol. The summed E-state index contributed by atoms with van der Waals surface area (Å²) in [4.78, 5) is 18.1. The maximum atomic E-state index is 12.0. The van der Waals surface area contributed by atoms with E-state index in [2.05, 4.69) is 21.8 Å². The molecule has 0 bridgehead atoms. The van der Waals surface area contributed by atoms with Crippen LogP contribution in [0.25, 0.3) is 0 Å². The van der Waals surface area contributed by atoms with Gasteiger partial charge in [0.25, 0.3) is 0 Å². The number of nitrogens with zero attached hydrogens (tertiary/aromatic N) is 3. The molecule has 0 aliphatic carbocycles. The number of aromatic nitrogens is 2. The first kappa shape index (κ1) is 13.1. The third-order valence-electron chi connectivity index (χ3n) is 3.60. The Labute approximate surface area is 108 Å². The van der Waals surface area contributed by atoms with E-state index in [4.69, 9.17) is 0 Å². The molecule has 2 unspecified atom stereocenters. The Kier molecular flexibility index (Phi) is 4.01. The van der Waals surface area contributed by atoms with E-state index in [1.54, 1.807) is 19.0 Å². The fourth-order valence-electron chi connectivity index (χ4n) is 2.60. The zero-order valence-electron chi connectivity index (χ0n) is 11.4. The topological polar surface area (TPSA) is 50.2 Å². The van der Waals surface area contributed by atoms with Crippen molar-refractivity contribution in [2.45, 2.75) is 38.3 Å². The summed E-state index contributed by atoms with van der Waals surface area (Å²) in [5, 5.41) is 3.30. The van der Waals surface area contributed by atoms with Gasteiger partial charge in [0.05, 0.1) is 6.04 Å². The highest BCUT2D eigenvalue weighted by Crippen LogP contribution is 2.27. The summed E-state index contributed by atoms with van der Waals surface area (Å²) >= 11 is 0. The van der Waals surface area contributed by atoms with E-state index in [-0.39, 0.29) is 11.9 Å². The van der Waals surface area contributed by atoms with Gasteiger partial charge in [-0.2, -0.15) is 0 Å². The van der Waals surface area contributed by atoms with E-state index < -0.39 is 0 Å². The van der Waals surface area contributed by atoms with Crippen molar-refractivity contribution in [1.29, 1.82) is 0 Å². The maximum Gasteiger partial charge on any atom is 0.239 e. The van der Waals surface area contributed by atoms with E-state index in [0.717, 1.165) is 31.8 Å². The van der Waals surface area contributed by atoms with Crippen LogP contribution in [0.5, 0.6) is 0 Å². The van der Waals surface area contributed by atoms with Crippen molar-refractivity contribution in [3.05, 3.63) is 18.2 Å². The van der Waals surface area contributed by atoms with Gasteiger partial charge in [-0.25, -0.2) is 4.98 Å². The van der Waals surface area contributed by atoms with Crippen molar-refractivity contribution in [2.75, 3.05) is 20.6 Å². The van der Waals surface area contributed by atoms with Gasteiger partial charge in [-0.05, 0) is 26.3 Å². The van der Waals surface area contributed by atoms with Crippen LogP contribution in [0.2, 0.25) is 0 Å². The minimum absolute atomic E-state index is 0.0687. The lowest BCUT2D eigenvalue weighted by Crippen LogP contribution is -2.48. The average Bonchev–Trinajstić information content (AvgIpc) is 2.86. The molecule has 2 rings (SSSR count). The molecule has 1 fully saturated rings. The van der Waals surface area contributed by atoms with Crippen molar-refractivity contribution in [2.24, 2.45) is 0 Å². The number of imidazole rings is 1. The van der Waals surface area contributed by atoms with E-state index in [0.29, 0.717) is 5.92 Å².